The number of unbranched alkanes of at least 4 members (excludes halogenated alkanes) is 1. The number of rotatable bonds is 10. The van der Waals surface area contributed by atoms with Crippen molar-refractivity contribution >= 4 is 52.8 Å². The van der Waals surface area contributed by atoms with Gasteiger partial charge in [-0.05, 0) is 6.42 Å². The van der Waals surface area contributed by atoms with Crippen molar-refractivity contribution in [1.29, 1.82) is 0 Å². The average Bonchev–Trinajstić information content (AvgIpc) is 2.77. The largest absolute Gasteiger partial charge is 0.485 e. The van der Waals surface area contributed by atoms with E-state index in [2.05, 4.69) is 6.92 Å². The van der Waals surface area contributed by atoms with Crippen molar-refractivity contribution in [2.45, 2.75) is 97.6 Å². The molecule has 1 N–H and O–H groups in total. The van der Waals surface area contributed by atoms with Gasteiger partial charge in [-0.1, -0.05) is 54.9 Å². The lowest BCUT2D eigenvalue weighted by Crippen LogP contribution is -2.83. The van der Waals surface area contributed by atoms with E-state index in [0.717, 1.165) is 12.8 Å². The molecule has 3 fully saturated rings. The Balaban J connectivity index is 2.21. The van der Waals surface area contributed by atoms with E-state index in [1.165, 1.54) is 0 Å². The highest BCUT2D eigenvalue weighted by atomic mass is 28.6. The standard InChI is InChI=1S/C16H40O10Si6/c1-8-15-16-18-28(10-3)21-29(11-4)19-27(17,9-2)20-30(12-5)24-31(13-6,22-28)26-32(14-7,23-29)25-30/h17H,8-16H2,1-7H3. The van der Waals surface area contributed by atoms with E-state index in [0.29, 0.717) is 42.9 Å². The van der Waals surface area contributed by atoms with Crippen molar-refractivity contribution in [2.75, 3.05) is 6.61 Å². The van der Waals surface area contributed by atoms with E-state index in [-0.39, 0.29) is 0 Å². The zero-order valence-corrected chi connectivity index (χ0v) is 26.5. The summed E-state index contributed by atoms with van der Waals surface area (Å²) in [4.78, 5) is 11.5. The first-order valence-electron chi connectivity index (χ1n) is 12.1. The van der Waals surface area contributed by atoms with Gasteiger partial charge in [0.1, 0.15) is 0 Å². The molecule has 3 heterocycles. The second kappa shape index (κ2) is 10.1. The first-order valence-corrected chi connectivity index (χ1v) is 23.7. The molecule has 16 heteroatoms. The fourth-order valence-corrected chi connectivity index (χ4v) is 37.1. The molecule has 188 valence electrons. The summed E-state index contributed by atoms with van der Waals surface area (Å²) in [5.41, 5.74) is 0. The molecule has 3 saturated heterocycles. The molecule has 0 aliphatic carbocycles. The Morgan fingerprint density at radius 2 is 0.938 bits per heavy atom. The Hall–Kier alpha value is 0.901. The van der Waals surface area contributed by atoms with Gasteiger partial charge in [-0.15, -0.1) is 0 Å². The molecule has 3 aliphatic rings. The summed E-state index contributed by atoms with van der Waals surface area (Å²) in [5.74, 6) is 0. The van der Waals surface area contributed by atoms with Gasteiger partial charge >= 0.3 is 52.8 Å². The van der Waals surface area contributed by atoms with Crippen LogP contribution in [0.25, 0.3) is 0 Å². The van der Waals surface area contributed by atoms with E-state index >= 15 is 0 Å². The molecule has 3 rings (SSSR count). The molecule has 0 aromatic heterocycles. The Labute approximate surface area is 199 Å². The normalized spacial score (nSPS) is 46.5. The first-order chi connectivity index (χ1) is 15.1. The zero-order valence-electron chi connectivity index (χ0n) is 20.5. The van der Waals surface area contributed by atoms with Gasteiger partial charge in [-0.2, -0.15) is 0 Å². The molecular weight excluding hydrogens is 521 g/mol. The van der Waals surface area contributed by atoms with Gasteiger partial charge in [0.05, 0.1) is 0 Å². The van der Waals surface area contributed by atoms with Gasteiger partial charge in [-0.3, -0.25) is 0 Å². The number of hydrogen-bond donors (Lipinski definition) is 1. The molecule has 0 radical (unpaired) electrons. The third-order valence-electron chi connectivity index (χ3n) is 5.93. The van der Waals surface area contributed by atoms with E-state index in [9.17, 15) is 4.80 Å². The highest BCUT2D eigenvalue weighted by Gasteiger charge is 2.76. The average molecular weight is 561 g/mol. The molecule has 3 aliphatic heterocycles. The third-order valence-corrected chi connectivity index (χ3v) is 31.8. The molecule has 0 aromatic rings. The van der Waals surface area contributed by atoms with Crippen LogP contribution < -0.4 is 0 Å². The maximum absolute atomic E-state index is 11.5. The van der Waals surface area contributed by atoms with Crippen molar-refractivity contribution < 1.29 is 42.1 Å². The van der Waals surface area contributed by atoms with Gasteiger partial charge < -0.3 is 42.1 Å². The second-order valence-electron chi connectivity index (χ2n) is 8.27. The van der Waals surface area contributed by atoms with Crippen LogP contribution in [-0.4, -0.2) is 64.2 Å². The van der Waals surface area contributed by atoms with Crippen LogP contribution in [0.4, 0.5) is 0 Å². The van der Waals surface area contributed by atoms with E-state index in [4.69, 9.17) is 37.3 Å². The minimum Gasteiger partial charge on any atom is -0.391 e. The van der Waals surface area contributed by atoms with Crippen LogP contribution in [0.3, 0.4) is 0 Å². The van der Waals surface area contributed by atoms with Crippen LogP contribution in [0.5, 0.6) is 0 Å². The maximum Gasteiger partial charge on any atom is 0.485 e. The highest BCUT2D eigenvalue weighted by Crippen LogP contribution is 2.48. The highest BCUT2D eigenvalue weighted by molar-refractivity contribution is 6.99. The van der Waals surface area contributed by atoms with Crippen LogP contribution in [0.1, 0.15) is 61.3 Å². The van der Waals surface area contributed by atoms with Crippen molar-refractivity contribution in [2.24, 2.45) is 0 Å². The Morgan fingerprint density at radius 1 is 0.531 bits per heavy atom. The van der Waals surface area contributed by atoms with Gasteiger partial charge in [0.2, 0.25) is 0 Å². The van der Waals surface area contributed by atoms with Crippen LogP contribution in [0.2, 0.25) is 36.3 Å². The maximum atomic E-state index is 11.5. The summed E-state index contributed by atoms with van der Waals surface area (Å²) in [6.45, 7) is 14.3. The van der Waals surface area contributed by atoms with Crippen LogP contribution in [0.15, 0.2) is 0 Å². The minimum absolute atomic E-state index is 0.302. The Bertz CT molecular complexity index is 660. The van der Waals surface area contributed by atoms with Gasteiger partial charge in [0.15, 0.2) is 0 Å². The monoisotopic (exact) mass is 560 g/mol. The molecule has 32 heavy (non-hydrogen) atoms. The Kier molecular flexibility index (Phi) is 8.68. The zero-order chi connectivity index (χ0) is 23.7. The second-order valence-corrected chi connectivity index (χ2v) is 27.6. The van der Waals surface area contributed by atoms with Crippen LogP contribution >= 0.6 is 0 Å². The summed E-state index contributed by atoms with van der Waals surface area (Å²) in [5, 5.41) is 0. The summed E-state index contributed by atoms with van der Waals surface area (Å²) in [6, 6.07) is 2.73. The SMILES string of the molecule is CCCCO[Si]1(CC)O[Si]2(CC)O[Si](O)(CC)O[Si]3(CC)O[Si](CC)(O1)O[Si](CC)(O2)O3. The smallest absolute Gasteiger partial charge is 0.391 e. The molecular formula is C16H40O10Si6. The predicted molar refractivity (Wildman–Crippen MR) is 129 cm³/mol. The van der Waals surface area contributed by atoms with Gasteiger partial charge in [0, 0.05) is 42.9 Å². The summed E-state index contributed by atoms with van der Waals surface area (Å²) < 4.78 is 59.4. The fourth-order valence-electron chi connectivity index (χ4n) is 3.89. The summed E-state index contributed by atoms with van der Waals surface area (Å²) >= 11 is 0. The quantitative estimate of drug-likeness (QED) is 0.314. The first kappa shape index (κ1) is 27.5. The van der Waals surface area contributed by atoms with E-state index in [1.807, 2.05) is 41.5 Å². The molecule has 4 bridgehead atoms. The lowest BCUT2D eigenvalue weighted by atomic mass is 10.4. The van der Waals surface area contributed by atoms with Crippen LogP contribution in [0, 0.1) is 0 Å². The predicted octanol–water partition coefficient (Wildman–Crippen LogP) is 3.72. The number of fused-ring (bicyclic) bond motifs is 3. The van der Waals surface area contributed by atoms with Crippen molar-refractivity contribution in [1.82, 2.24) is 0 Å². The van der Waals surface area contributed by atoms with Gasteiger partial charge in [0.25, 0.3) is 0 Å². The van der Waals surface area contributed by atoms with Crippen molar-refractivity contribution in [3.05, 3.63) is 0 Å². The lowest BCUT2D eigenvalue weighted by Gasteiger charge is -2.58. The van der Waals surface area contributed by atoms with E-state index in [1.54, 1.807) is 0 Å². The Morgan fingerprint density at radius 3 is 1.31 bits per heavy atom. The topological polar surface area (TPSA) is 103 Å². The van der Waals surface area contributed by atoms with Crippen molar-refractivity contribution in [3.63, 3.8) is 0 Å². The lowest BCUT2D eigenvalue weighted by molar-refractivity contribution is -0.00784. The van der Waals surface area contributed by atoms with Gasteiger partial charge in [-0.25, -0.2) is 0 Å². The summed E-state index contributed by atoms with van der Waals surface area (Å²) in [7, 11) is -20.7. The molecule has 10 nitrogen and oxygen atoms in total. The molecule has 0 amide bonds. The van der Waals surface area contributed by atoms with E-state index < -0.39 is 52.8 Å². The molecule has 0 spiro atoms. The van der Waals surface area contributed by atoms with Crippen LogP contribution in [-0.2, 0) is 37.3 Å². The molecule has 0 aromatic carbocycles. The molecule has 0 saturated carbocycles. The third kappa shape index (κ3) is 5.20. The molecule has 6 atom stereocenters. The number of hydrogen-bond acceptors (Lipinski definition) is 10. The summed E-state index contributed by atoms with van der Waals surface area (Å²) in [6.07, 6.45) is 1.87. The van der Waals surface area contributed by atoms with Crippen molar-refractivity contribution in [3.8, 4) is 0 Å². The fraction of sp³-hybridized carbons (Fsp3) is 1.00. The minimum atomic E-state index is -3.72. The molecule has 6 unspecified atom stereocenters.